The van der Waals surface area contributed by atoms with Crippen molar-refractivity contribution in [3.8, 4) is 11.3 Å². The highest BCUT2D eigenvalue weighted by atomic mass is 15.0. The zero-order chi connectivity index (χ0) is 19.2. The lowest BCUT2D eigenvalue weighted by atomic mass is 10.0. The number of H-pyrrole nitrogens is 1. The predicted molar refractivity (Wildman–Crippen MR) is 116 cm³/mol. The van der Waals surface area contributed by atoms with Crippen molar-refractivity contribution in [3.63, 3.8) is 0 Å². The topological polar surface area (TPSA) is 64.8 Å². The lowest BCUT2D eigenvalue weighted by Crippen LogP contribution is -2.21. The number of aromatic amines is 1. The second-order valence-electron chi connectivity index (χ2n) is 7.00. The number of benzene rings is 1. The molecule has 2 aromatic heterocycles. The number of nitrogens with one attached hydrogen (secondary N) is 4. The summed E-state index contributed by atoms with van der Waals surface area (Å²) in [7, 11) is 3.81. The Hall–Kier alpha value is -2.53. The highest BCUT2D eigenvalue weighted by Crippen LogP contribution is 2.33. The van der Waals surface area contributed by atoms with Crippen molar-refractivity contribution in [2.75, 3.05) is 31.3 Å². The Bertz CT molecular complexity index is 880. The van der Waals surface area contributed by atoms with Crippen LogP contribution in [0.3, 0.4) is 0 Å². The number of rotatable bonds is 9. The van der Waals surface area contributed by atoms with E-state index in [1.807, 2.05) is 26.4 Å². The molecule has 0 spiro atoms. The molecular formula is C22H31N5. The summed E-state index contributed by atoms with van der Waals surface area (Å²) in [6.45, 7) is 6.52. The fourth-order valence-electron chi connectivity index (χ4n) is 3.56. The third kappa shape index (κ3) is 4.25. The molecule has 1 aromatic carbocycles. The van der Waals surface area contributed by atoms with Crippen molar-refractivity contribution in [1.82, 2.24) is 15.3 Å². The van der Waals surface area contributed by atoms with Gasteiger partial charge >= 0.3 is 0 Å². The molecule has 27 heavy (non-hydrogen) atoms. The number of nitrogens with zero attached hydrogens (tertiary/aromatic N) is 1. The van der Waals surface area contributed by atoms with Crippen LogP contribution in [0, 0.1) is 5.92 Å². The van der Waals surface area contributed by atoms with E-state index >= 15 is 0 Å². The first-order valence-electron chi connectivity index (χ1n) is 9.87. The van der Waals surface area contributed by atoms with Crippen molar-refractivity contribution in [3.05, 3.63) is 42.1 Å². The number of hydrogen-bond donors (Lipinski definition) is 4. The molecule has 0 fully saturated rings. The minimum Gasteiger partial charge on any atom is -0.385 e. The van der Waals surface area contributed by atoms with Gasteiger partial charge in [-0.1, -0.05) is 32.8 Å². The zero-order valence-electron chi connectivity index (χ0n) is 16.8. The van der Waals surface area contributed by atoms with Crippen LogP contribution in [0.1, 0.15) is 32.3 Å². The van der Waals surface area contributed by atoms with Crippen molar-refractivity contribution in [2.45, 2.75) is 33.2 Å². The van der Waals surface area contributed by atoms with Gasteiger partial charge in [-0.05, 0) is 42.3 Å². The Morgan fingerprint density at radius 1 is 1.04 bits per heavy atom. The Kier molecular flexibility index (Phi) is 6.35. The zero-order valence-corrected chi connectivity index (χ0v) is 16.8. The maximum absolute atomic E-state index is 4.39. The molecule has 0 radical (unpaired) electrons. The van der Waals surface area contributed by atoms with Crippen LogP contribution in [0.5, 0.6) is 0 Å². The van der Waals surface area contributed by atoms with Crippen LogP contribution >= 0.6 is 0 Å². The molecule has 5 heteroatoms. The summed E-state index contributed by atoms with van der Waals surface area (Å²) in [6.07, 6.45) is 4.30. The molecule has 0 unspecified atom stereocenters. The van der Waals surface area contributed by atoms with Gasteiger partial charge in [0.2, 0.25) is 0 Å². The number of aromatic nitrogens is 2. The van der Waals surface area contributed by atoms with Gasteiger partial charge in [0.1, 0.15) is 5.82 Å². The van der Waals surface area contributed by atoms with Crippen LogP contribution in [-0.2, 0) is 6.54 Å². The quantitative estimate of drug-likeness (QED) is 0.438. The average Bonchev–Trinajstić information content (AvgIpc) is 3.13. The molecule has 4 N–H and O–H groups in total. The predicted octanol–water partition coefficient (Wildman–Crippen LogP) is 4.84. The molecular weight excluding hydrogens is 334 g/mol. The molecule has 5 nitrogen and oxygen atoms in total. The number of pyridine rings is 1. The molecule has 0 aliphatic rings. The van der Waals surface area contributed by atoms with Crippen LogP contribution in [0.15, 0.2) is 36.5 Å². The second-order valence-corrected chi connectivity index (χ2v) is 7.00. The highest BCUT2D eigenvalue weighted by Gasteiger charge is 2.12. The minimum absolute atomic E-state index is 0.764. The van der Waals surface area contributed by atoms with E-state index in [4.69, 9.17) is 0 Å². The third-order valence-electron chi connectivity index (χ3n) is 5.33. The first-order chi connectivity index (χ1) is 13.2. The van der Waals surface area contributed by atoms with E-state index in [1.54, 1.807) is 0 Å². The van der Waals surface area contributed by atoms with E-state index in [0.29, 0.717) is 0 Å². The van der Waals surface area contributed by atoms with Gasteiger partial charge in [-0.2, -0.15) is 0 Å². The van der Waals surface area contributed by atoms with Crippen molar-refractivity contribution >= 4 is 22.4 Å². The molecule has 144 valence electrons. The molecule has 0 saturated carbocycles. The van der Waals surface area contributed by atoms with Crippen molar-refractivity contribution < 1.29 is 0 Å². The smallest absolute Gasteiger partial charge is 0.149 e. The van der Waals surface area contributed by atoms with Gasteiger partial charge in [-0.25, -0.2) is 4.98 Å². The van der Waals surface area contributed by atoms with Crippen LogP contribution in [0.2, 0.25) is 0 Å². The highest BCUT2D eigenvalue weighted by molar-refractivity contribution is 5.91. The molecule has 2 heterocycles. The second kappa shape index (κ2) is 8.91. The van der Waals surface area contributed by atoms with Gasteiger partial charge in [0.25, 0.3) is 0 Å². The normalized spacial score (nSPS) is 11.3. The third-order valence-corrected chi connectivity index (χ3v) is 5.33. The SMILES string of the molecule is CCC(CC)CNCc1ccc2[nH]c(-c3ccnc(NC)c3NC)cc2c1. The van der Waals surface area contributed by atoms with Crippen molar-refractivity contribution in [1.29, 1.82) is 0 Å². The molecule has 3 aromatic rings. The number of fused-ring (bicyclic) bond motifs is 1. The van der Waals surface area contributed by atoms with Gasteiger partial charge in [0, 0.05) is 49.0 Å². The number of anilines is 2. The van der Waals surface area contributed by atoms with Gasteiger partial charge in [0.15, 0.2) is 0 Å². The van der Waals surface area contributed by atoms with Crippen molar-refractivity contribution in [2.24, 2.45) is 5.92 Å². The first-order valence-corrected chi connectivity index (χ1v) is 9.87. The lowest BCUT2D eigenvalue weighted by molar-refractivity contribution is 0.449. The van der Waals surface area contributed by atoms with Gasteiger partial charge < -0.3 is 20.9 Å². The maximum Gasteiger partial charge on any atom is 0.149 e. The van der Waals surface area contributed by atoms with Crippen LogP contribution in [0.25, 0.3) is 22.2 Å². The summed E-state index contributed by atoms with van der Waals surface area (Å²) in [5.74, 6) is 1.61. The molecule has 3 rings (SSSR count). The van der Waals surface area contributed by atoms with E-state index in [0.717, 1.165) is 47.3 Å². The monoisotopic (exact) mass is 365 g/mol. The Morgan fingerprint density at radius 2 is 1.85 bits per heavy atom. The Labute approximate surface area is 162 Å². The van der Waals surface area contributed by atoms with Crippen LogP contribution < -0.4 is 16.0 Å². The summed E-state index contributed by atoms with van der Waals surface area (Å²) >= 11 is 0. The molecule has 0 aliphatic heterocycles. The average molecular weight is 366 g/mol. The molecule has 0 saturated heterocycles. The molecule has 0 aliphatic carbocycles. The fourth-order valence-corrected chi connectivity index (χ4v) is 3.56. The minimum atomic E-state index is 0.764. The van der Waals surface area contributed by atoms with E-state index in [1.165, 1.54) is 23.8 Å². The van der Waals surface area contributed by atoms with Crippen LogP contribution in [-0.4, -0.2) is 30.6 Å². The van der Waals surface area contributed by atoms with Gasteiger partial charge in [-0.3, -0.25) is 0 Å². The molecule has 0 bridgehead atoms. The summed E-state index contributed by atoms with van der Waals surface area (Å²) in [6, 6.07) is 10.9. The van der Waals surface area contributed by atoms with Gasteiger partial charge in [-0.15, -0.1) is 0 Å². The molecule has 0 amide bonds. The maximum atomic E-state index is 4.39. The summed E-state index contributed by atoms with van der Waals surface area (Å²) in [5.41, 5.74) is 5.67. The standard InChI is InChI=1S/C22H31N5/c1-5-15(6-2)13-25-14-16-7-8-19-17(11-16)12-20(27-19)18-9-10-26-22(24-4)21(18)23-3/h7-12,15,23,25,27H,5-6,13-14H2,1-4H3,(H,24,26). The fraction of sp³-hybridized carbons (Fsp3) is 0.409. The van der Waals surface area contributed by atoms with Gasteiger partial charge in [0.05, 0.1) is 5.69 Å². The van der Waals surface area contributed by atoms with Crippen LogP contribution in [0.4, 0.5) is 11.5 Å². The Balaban J connectivity index is 1.82. The molecule has 0 atom stereocenters. The summed E-state index contributed by atoms with van der Waals surface area (Å²) in [5, 5.41) is 11.2. The van der Waals surface area contributed by atoms with E-state index in [2.05, 4.69) is 64.0 Å². The van der Waals surface area contributed by atoms with E-state index in [-0.39, 0.29) is 0 Å². The Morgan fingerprint density at radius 3 is 2.56 bits per heavy atom. The van der Waals surface area contributed by atoms with E-state index in [9.17, 15) is 0 Å². The summed E-state index contributed by atoms with van der Waals surface area (Å²) in [4.78, 5) is 7.93. The first kappa shape index (κ1) is 19.2. The largest absolute Gasteiger partial charge is 0.385 e. The van der Waals surface area contributed by atoms with E-state index < -0.39 is 0 Å². The lowest BCUT2D eigenvalue weighted by Gasteiger charge is -2.13. The number of hydrogen-bond acceptors (Lipinski definition) is 4. The summed E-state index contributed by atoms with van der Waals surface area (Å²) < 4.78 is 0.